The van der Waals surface area contributed by atoms with Crippen molar-refractivity contribution in [2.24, 2.45) is 0 Å². The van der Waals surface area contributed by atoms with E-state index < -0.39 is 22.8 Å². The second-order valence-electron chi connectivity index (χ2n) is 7.68. The summed E-state index contributed by atoms with van der Waals surface area (Å²) in [7, 11) is 0. The average Bonchev–Trinajstić information content (AvgIpc) is 3.14. The van der Waals surface area contributed by atoms with Crippen molar-refractivity contribution in [3.8, 4) is 0 Å². The fraction of sp³-hybridized carbons (Fsp3) is 0.333. The highest BCUT2D eigenvalue weighted by Crippen LogP contribution is 2.51. The molecule has 140 valence electrons. The van der Waals surface area contributed by atoms with Crippen molar-refractivity contribution < 1.29 is 19.8 Å². The fourth-order valence-corrected chi connectivity index (χ4v) is 4.90. The first-order valence-electron chi connectivity index (χ1n) is 9.05. The smallest absolute Gasteiger partial charge is 0.304 e. The van der Waals surface area contributed by atoms with E-state index in [0.717, 1.165) is 22.5 Å². The number of aliphatic carboxylic acids is 2. The van der Waals surface area contributed by atoms with Crippen LogP contribution in [0, 0.1) is 0 Å². The number of carboxylic acids is 2. The lowest BCUT2D eigenvalue weighted by Crippen LogP contribution is -2.43. The topological polar surface area (TPSA) is 98.7 Å². The largest absolute Gasteiger partial charge is 0.481 e. The van der Waals surface area contributed by atoms with Gasteiger partial charge >= 0.3 is 11.9 Å². The lowest BCUT2D eigenvalue weighted by Gasteiger charge is -2.38. The summed E-state index contributed by atoms with van der Waals surface area (Å²) in [6.45, 7) is 0.977. The average molecular weight is 366 g/mol. The first kappa shape index (κ1) is 17.4. The van der Waals surface area contributed by atoms with Crippen LogP contribution < -0.4 is 10.6 Å². The molecule has 0 radical (unpaired) electrons. The number of carboxylic acid groups (broad SMARTS) is 2. The Morgan fingerprint density at radius 3 is 1.59 bits per heavy atom. The molecule has 2 aliphatic rings. The summed E-state index contributed by atoms with van der Waals surface area (Å²) in [5.74, 6) is -1.75. The molecule has 6 nitrogen and oxygen atoms in total. The molecule has 0 saturated heterocycles. The third kappa shape index (κ3) is 2.91. The minimum atomic E-state index is -0.877. The molecule has 2 aliphatic heterocycles. The Balaban J connectivity index is 1.82. The Morgan fingerprint density at radius 1 is 0.778 bits per heavy atom. The molecule has 0 saturated carbocycles. The van der Waals surface area contributed by atoms with Gasteiger partial charge < -0.3 is 20.8 Å². The molecule has 2 heterocycles. The molecule has 6 heteroatoms. The van der Waals surface area contributed by atoms with Crippen LogP contribution in [-0.2, 0) is 20.4 Å². The van der Waals surface area contributed by atoms with Crippen LogP contribution in [0.1, 0.15) is 30.4 Å². The molecule has 0 amide bonds. The van der Waals surface area contributed by atoms with Crippen LogP contribution in [0.5, 0.6) is 0 Å². The van der Waals surface area contributed by atoms with Crippen molar-refractivity contribution in [3.63, 3.8) is 0 Å². The van der Waals surface area contributed by atoms with Gasteiger partial charge in [0.15, 0.2) is 0 Å². The maximum absolute atomic E-state index is 11.8. The fourth-order valence-electron chi connectivity index (χ4n) is 4.90. The predicted molar refractivity (Wildman–Crippen MR) is 102 cm³/mol. The molecule has 4 rings (SSSR count). The Hall–Kier alpha value is -3.02. The van der Waals surface area contributed by atoms with Crippen LogP contribution in [0.4, 0.5) is 11.4 Å². The van der Waals surface area contributed by atoms with Gasteiger partial charge in [0.2, 0.25) is 0 Å². The summed E-state index contributed by atoms with van der Waals surface area (Å²) < 4.78 is 0. The second-order valence-corrected chi connectivity index (χ2v) is 7.68. The van der Waals surface area contributed by atoms with Crippen LogP contribution >= 0.6 is 0 Å². The van der Waals surface area contributed by atoms with Crippen LogP contribution in [0.3, 0.4) is 0 Å². The van der Waals surface area contributed by atoms with Gasteiger partial charge in [-0.15, -0.1) is 0 Å². The first-order chi connectivity index (χ1) is 12.9. The third-order valence-electron chi connectivity index (χ3n) is 5.89. The van der Waals surface area contributed by atoms with E-state index in [1.165, 1.54) is 0 Å². The Bertz CT molecular complexity index is 839. The predicted octanol–water partition coefficient (Wildman–Crippen LogP) is 3.05. The van der Waals surface area contributed by atoms with Crippen molar-refractivity contribution >= 4 is 23.3 Å². The Labute approximate surface area is 157 Å². The maximum atomic E-state index is 11.8. The van der Waals surface area contributed by atoms with Gasteiger partial charge in [0.25, 0.3) is 0 Å². The molecular formula is C21H22N2O4. The van der Waals surface area contributed by atoms with Crippen LogP contribution in [0.25, 0.3) is 0 Å². The number of benzene rings is 2. The van der Waals surface area contributed by atoms with Crippen LogP contribution in [0.2, 0.25) is 0 Å². The number of anilines is 2. The second kappa shape index (κ2) is 6.30. The zero-order chi connectivity index (χ0) is 19.1. The molecule has 2 aromatic rings. The van der Waals surface area contributed by atoms with Crippen molar-refractivity contribution in [2.75, 3.05) is 23.7 Å². The number of para-hydroxylation sites is 2. The van der Waals surface area contributed by atoms with Crippen LogP contribution in [0.15, 0.2) is 48.5 Å². The maximum Gasteiger partial charge on any atom is 0.304 e. The number of nitrogens with one attached hydrogen (secondary N) is 2. The molecule has 2 atom stereocenters. The van der Waals surface area contributed by atoms with Gasteiger partial charge in [-0.3, -0.25) is 9.59 Å². The Kier molecular flexibility index (Phi) is 4.06. The Morgan fingerprint density at radius 2 is 1.19 bits per heavy atom. The number of rotatable bonds is 6. The van der Waals surface area contributed by atoms with Gasteiger partial charge in [-0.25, -0.2) is 0 Å². The van der Waals surface area contributed by atoms with Crippen molar-refractivity contribution in [1.82, 2.24) is 0 Å². The van der Waals surface area contributed by atoms with Crippen molar-refractivity contribution in [2.45, 2.75) is 30.1 Å². The summed E-state index contributed by atoms with van der Waals surface area (Å²) in [5.41, 5.74) is 2.48. The van der Waals surface area contributed by atoms with Gasteiger partial charge in [-0.05, 0) is 29.7 Å². The summed E-state index contributed by atoms with van der Waals surface area (Å²) in [5, 5.41) is 25.9. The molecule has 0 spiro atoms. The van der Waals surface area contributed by atoms with E-state index in [2.05, 4.69) is 10.6 Å². The van der Waals surface area contributed by atoms with Gasteiger partial charge in [0.05, 0.1) is 12.8 Å². The van der Waals surface area contributed by atoms with E-state index in [0.29, 0.717) is 19.5 Å². The molecule has 4 N–H and O–H groups in total. The van der Waals surface area contributed by atoms with Crippen molar-refractivity contribution in [1.29, 1.82) is 0 Å². The van der Waals surface area contributed by atoms with Gasteiger partial charge in [0.1, 0.15) is 0 Å². The molecule has 0 aliphatic carbocycles. The number of hydrogen-bond acceptors (Lipinski definition) is 4. The minimum Gasteiger partial charge on any atom is -0.481 e. The van der Waals surface area contributed by atoms with Gasteiger partial charge in [-0.2, -0.15) is 0 Å². The highest BCUT2D eigenvalue weighted by atomic mass is 16.4. The van der Waals surface area contributed by atoms with E-state index in [-0.39, 0.29) is 12.8 Å². The molecule has 0 aromatic heterocycles. The van der Waals surface area contributed by atoms with Crippen LogP contribution in [-0.4, -0.2) is 35.2 Å². The van der Waals surface area contributed by atoms with Gasteiger partial charge in [0, 0.05) is 35.3 Å². The monoisotopic (exact) mass is 366 g/mol. The number of hydrogen-bond donors (Lipinski definition) is 4. The highest BCUT2D eigenvalue weighted by molar-refractivity contribution is 5.75. The summed E-state index contributed by atoms with van der Waals surface area (Å²) in [6, 6.07) is 15.5. The zero-order valence-electron chi connectivity index (χ0n) is 14.9. The highest BCUT2D eigenvalue weighted by Gasteiger charge is 2.50. The molecule has 0 fully saturated rings. The first-order valence-corrected chi connectivity index (χ1v) is 9.05. The number of carbonyl (C=O) groups is 2. The van der Waals surface area contributed by atoms with Gasteiger partial charge in [-0.1, -0.05) is 36.4 Å². The minimum absolute atomic E-state index is 0.0411. The summed E-state index contributed by atoms with van der Waals surface area (Å²) >= 11 is 0. The summed E-state index contributed by atoms with van der Waals surface area (Å²) in [4.78, 5) is 23.5. The molecule has 2 aromatic carbocycles. The zero-order valence-corrected chi connectivity index (χ0v) is 14.9. The molecule has 27 heavy (non-hydrogen) atoms. The molecule has 0 bridgehead atoms. The molecular weight excluding hydrogens is 344 g/mol. The summed E-state index contributed by atoms with van der Waals surface area (Å²) in [6.07, 6.45) is 0.369. The van der Waals surface area contributed by atoms with E-state index >= 15 is 0 Å². The molecule has 2 unspecified atom stereocenters. The lowest BCUT2D eigenvalue weighted by molar-refractivity contribution is -0.138. The van der Waals surface area contributed by atoms with E-state index in [1.807, 2.05) is 48.5 Å². The standard InChI is InChI=1S/C21H22N2O4/c24-18(25)9-20(12-22-16-7-3-1-5-14(16)20)11-21(10-19(26)27)13-23-17-8-4-2-6-15(17)21/h1-8,22-23H,9-13H2,(H,24,25)(H,26,27). The van der Waals surface area contributed by atoms with E-state index in [4.69, 9.17) is 0 Å². The quantitative estimate of drug-likeness (QED) is 0.627. The lowest BCUT2D eigenvalue weighted by atomic mass is 9.63. The third-order valence-corrected chi connectivity index (χ3v) is 5.89. The van der Waals surface area contributed by atoms with E-state index in [1.54, 1.807) is 0 Å². The normalized spacial score (nSPS) is 25.2. The number of fused-ring (bicyclic) bond motifs is 2. The van der Waals surface area contributed by atoms with E-state index in [9.17, 15) is 19.8 Å². The SMILES string of the molecule is O=C(O)CC1(CC2(CC(=O)O)CNc3ccccc32)CNc2ccccc21. The van der Waals surface area contributed by atoms with Crippen molar-refractivity contribution in [3.05, 3.63) is 59.7 Å².